The maximum absolute atomic E-state index is 11.7. The van der Waals surface area contributed by atoms with Crippen molar-refractivity contribution in [1.29, 1.82) is 0 Å². The minimum atomic E-state index is -5.08. The van der Waals surface area contributed by atoms with Crippen LogP contribution in [0.3, 0.4) is 0 Å². The van der Waals surface area contributed by atoms with Gasteiger partial charge < -0.3 is 23.5 Å². The number of hydrogen-bond donors (Lipinski definition) is 2. The molecule has 0 radical (unpaired) electrons. The first-order chi connectivity index (χ1) is 21.2. The van der Waals surface area contributed by atoms with Crippen LogP contribution in [0.5, 0.6) is 23.0 Å². The minimum absolute atomic E-state index is 0.182. The Morgan fingerprint density at radius 3 is 2.27 bits per heavy atom. The van der Waals surface area contributed by atoms with E-state index in [1.165, 1.54) is 13.2 Å². The quantitative estimate of drug-likeness (QED) is 0.268. The Hall–Kier alpha value is -5.08. The summed E-state index contributed by atoms with van der Waals surface area (Å²) in [6.07, 6.45) is -4.89. The van der Waals surface area contributed by atoms with E-state index in [0.717, 1.165) is 45.3 Å². The number of carboxylic acid groups (broad SMARTS) is 1. The van der Waals surface area contributed by atoms with Crippen LogP contribution >= 0.6 is 0 Å². The molecular formula is C31H25F3N2O8S. The number of benzene rings is 4. The molecular weight excluding hydrogens is 617 g/mol. The topological polar surface area (TPSA) is 147 Å². The van der Waals surface area contributed by atoms with Crippen molar-refractivity contribution in [2.45, 2.75) is 18.6 Å². The highest BCUT2D eigenvalue weighted by molar-refractivity contribution is 7.86. The van der Waals surface area contributed by atoms with Crippen molar-refractivity contribution < 1.29 is 49.9 Å². The molecule has 0 spiro atoms. The van der Waals surface area contributed by atoms with Gasteiger partial charge in [-0.3, -0.25) is 10.7 Å². The van der Waals surface area contributed by atoms with Crippen LogP contribution in [0.25, 0.3) is 11.1 Å². The van der Waals surface area contributed by atoms with E-state index in [1.54, 1.807) is 6.07 Å². The molecule has 2 aliphatic rings. The lowest BCUT2D eigenvalue weighted by Gasteiger charge is -2.13. The maximum Gasteiger partial charge on any atom is 0.490 e. The summed E-state index contributed by atoms with van der Waals surface area (Å²) in [5.41, 5.74) is 12.3. The summed E-state index contributed by atoms with van der Waals surface area (Å²) in [5, 5.41) is 7.12. The average molecular weight is 643 g/mol. The zero-order valence-electron chi connectivity index (χ0n) is 23.6. The summed E-state index contributed by atoms with van der Waals surface area (Å²) < 4.78 is 76.7. The second-order valence-electron chi connectivity index (χ2n) is 9.85. The van der Waals surface area contributed by atoms with E-state index < -0.39 is 28.7 Å². The molecule has 4 aromatic rings. The number of nitrogens with two attached hydrogens (primary N) is 1. The second kappa shape index (κ2) is 12.1. The van der Waals surface area contributed by atoms with Gasteiger partial charge in [-0.25, -0.2) is 4.79 Å². The van der Waals surface area contributed by atoms with Gasteiger partial charge >= 0.3 is 22.3 Å². The summed E-state index contributed by atoms with van der Waals surface area (Å²) in [4.78, 5) is 14.0. The highest BCUT2D eigenvalue weighted by Gasteiger charge is 2.38. The predicted molar refractivity (Wildman–Crippen MR) is 157 cm³/mol. The first-order valence-electron chi connectivity index (χ1n) is 13.1. The normalized spacial score (nSPS) is 16.6. The number of aliphatic imine (C=N–C) groups is 1. The number of ether oxygens (including phenoxy) is 3. The third-order valence-electron chi connectivity index (χ3n) is 6.61. The number of nitrogens with zero attached hydrogens (tertiary/aromatic N) is 1. The first-order valence-corrected chi connectivity index (χ1v) is 14.9. The van der Waals surface area contributed by atoms with Crippen LogP contribution in [0.1, 0.15) is 28.3 Å². The van der Waals surface area contributed by atoms with Crippen molar-refractivity contribution in [3.63, 3.8) is 0 Å². The average Bonchev–Trinajstić information content (AvgIpc) is 3.55. The molecule has 45 heavy (non-hydrogen) atoms. The molecule has 4 aromatic carbocycles. The number of carbonyl (C=O) groups is 1. The van der Waals surface area contributed by atoms with Crippen LogP contribution in [0.15, 0.2) is 89.9 Å². The highest BCUT2D eigenvalue weighted by Crippen LogP contribution is 2.41. The Labute approximate surface area is 255 Å². The number of carboxylic acids is 1. The van der Waals surface area contributed by atoms with E-state index in [0.29, 0.717) is 17.2 Å². The smallest absolute Gasteiger partial charge is 0.490 e. The molecule has 0 fully saturated rings. The van der Waals surface area contributed by atoms with Gasteiger partial charge in [0.2, 0.25) is 0 Å². The van der Waals surface area contributed by atoms with E-state index in [1.807, 2.05) is 60.7 Å². The van der Waals surface area contributed by atoms with E-state index in [9.17, 15) is 21.6 Å². The number of methoxy groups -OCH3 is 1. The van der Waals surface area contributed by atoms with Crippen LogP contribution in [0.4, 0.5) is 13.2 Å². The van der Waals surface area contributed by atoms with Crippen LogP contribution in [-0.4, -0.2) is 51.2 Å². The molecule has 0 bridgehead atoms. The van der Waals surface area contributed by atoms with Crippen LogP contribution < -0.4 is 24.1 Å². The first kappa shape index (κ1) is 31.3. The summed E-state index contributed by atoms with van der Waals surface area (Å²) in [7, 11) is -2.17. The van der Waals surface area contributed by atoms with Crippen LogP contribution in [0.2, 0.25) is 0 Å². The van der Waals surface area contributed by atoms with Gasteiger partial charge in [-0.1, -0.05) is 42.5 Å². The molecule has 0 saturated carbocycles. The van der Waals surface area contributed by atoms with Crippen molar-refractivity contribution in [3.8, 4) is 34.1 Å². The van der Waals surface area contributed by atoms with Gasteiger partial charge in [0.25, 0.3) is 6.41 Å². The number of rotatable bonds is 6. The Morgan fingerprint density at radius 2 is 1.58 bits per heavy atom. The summed E-state index contributed by atoms with van der Waals surface area (Å²) in [6.45, 7) is 0. The van der Waals surface area contributed by atoms with E-state index in [-0.39, 0.29) is 11.8 Å². The monoisotopic (exact) mass is 642 g/mol. The van der Waals surface area contributed by atoms with Gasteiger partial charge in [-0.2, -0.15) is 21.6 Å². The number of alkyl halides is 3. The fourth-order valence-corrected chi connectivity index (χ4v) is 5.24. The van der Waals surface area contributed by atoms with Gasteiger partial charge in [0.1, 0.15) is 17.5 Å². The Morgan fingerprint density at radius 1 is 0.889 bits per heavy atom. The van der Waals surface area contributed by atoms with E-state index >= 15 is 0 Å². The molecule has 10 nitrogen and oxygen atoms in total. The fraction of sp³-hybridized carbons (Fsp3) is 0.161. The van der Waals surface area contributed by atoms with Crippen molar-refractivity contribution in [2.75, 3.05) is 13.4 Å². The molecule has 14 heteroatoms. The van der Waals surface area contributed by atoms with E-state index in [4.69, 9.17) is 39.0 Å². The van der Waals surface area contributed by atoms with Gasteiger partial charge in [0.05, 0.1) is 19.1 Å². The van der Waals surface area contributed by atoms with E-state index in [2.05, 4.69) is 12.1 Å². The van der Waals surface area contributed by atoms with Gasteiger partial charge in [0.15, 0.2) is 11.5 Å². The van der Waals surface area contributed by atoms with Gasteiger partial charge in [-0.15, -0.1) is 0 Å². The Kier molecular flexibility index (Phi) is 8.45. The van der Waals surface area contributed by atoms with Crippen LogP contribution in [-0.2, 0) is 14.9 Å². The molecule has 3 N–H and O–H groups in total. The Bertz CT molecular complexity index is 1910. The SMILES string of the molecule is COc1cc(OS(C)(=O)=O)cc(-c2cccc(C3N=C(c4ccc5c(c4)OC(N)O5)c4ccccc43)c2)c1.O=C(O)C(F)(F)F. The largest absolute Gasteiger partial charge is 0.497 e. The molecule has 0 aliphatic carbocycles. The molecule has 6 rings (SSSR count). The maximum atomic E-state index is 11.7. The number of fused-ring (bicyclic) bond motifs is 2. The molecule has 2 atom stereocenters. The van der Waals surface area contributed by atoms with Crippen molar-refractivity contribution in [1.82, 2.24) is 0 Å². The van der Waals surface area contributed by atoms with Crippen LogP contribution in [0, 0.1) is 0 Å². The second-order valence-corrected chi connectivity index (χ2v) is 11.4. The van der Waals surface area contributed by atoms with Gasteiger partial charge in [0, 0.05) is 17.2 Å². The molecule has 0 saturated heterocycles. The van der Waals surface area contributed by atoms with Crippen molar-refractivity contribution in [3.05, 3.63) is 107 Å². The summed E-state index contributed by atoms with van der Waals surface area (Å²) in [6, 6.07) is 26.6. The number of halogens is 3. The van der Waals surface area contributed by atoms with Crippen molar-refractivity contribution in [2.24, 2.45) is 10.7 Å². The zero-order chi connectivity index (χ0) is 32.5. The zero-order valence-corrected chi connectivity index (χ0v) is 24.4. The predicted octanol–water partition coefficient (Wildman–Crippen LogP) is 5.29. The van der Waals surface area contributed by atoms with Crippen molar-refractivity contribution >= 4 is 21.8 Å². The molecule has 2 aliphatic heterocycles. The molecule has 0 aromatic heterocycles. The fourth-order valence-electron chi connectivity index (χ4n) is 4.79. The third-order valence-corrected chi connectivity index (χ3v) is 7.11. The lowest BCUT2D eigenvalue weighted by atomic mass is 9.93. The molecule has 0 amide bonds. The summed E-state index contributed by atoms with van der Waals surface area (Å²) in [5.74, 6) is -0.893. The molecule has 2 heterocycles. The summed E-state index contributed by atoms with van der Waals surface area (Å²) >= 11 is 0. The number of hydrogen-bond acceptors (Lipinski definition) is 9. The molecule has 234 valence electrons. The minimum Gasteiger partial charge on any atom is -0.497 e. The standard InChI is InChI=1S/C29H24N2O6S.C2HF3O2/c1-34-21-13-20(14-22(16-21)37-38(2,32)33)17-6-5-7-18(12-17)27-23-8-3-4-9-24(23)28(31-27)19-10-11-25-26(15-19)36-29(30)35-25;3-2(4,5)1(6)7/h3-16,27,29H,30H2,1-2H3;(H,6,7). The third kappa shape index (κ3) is 7.19. The van der Waals surface area contributed by atoms with Gasteiger partial charge in [-0.05, 0) is 58.7 Å². The lowest BCUT2D eigenvalue weighted by molar-refractivity contribution is -0.192. The molecule has 2 unspecified atom stereocenters. The highest BCUT2D eigenvalue weighted by atomic mass is 32.2. The number of aliphatic carboxylic acids is 1. The lowest BCUT2D eigenvalue weighted by Crippen LogP contribution is -2.28. The Balaban J connectivity index is 0.000000515.